The van der Waals surface area contributed by atoms with Gasteiger partial charge in [0.1, 0.15) is 0 Å². The molecule has 1 atom stereocenters. The van der Waals surface area contributed by atoms with Crippen LogP contribution in [0, 0.1) is 12.0 Å². The quantitative estimate of drug-likeness (QED) is 0.524. The van der Waals surface area contributed by atoms with E-state index in [-0.39, 0.29) is 24.0 Å². The third-order valence-corrected chi connectivity index (χ3v) is 3.81. The molecule has 1 rings (SSSR count). The topological polar surface area (TPSA) is 35.5 Å². The van der Waals surface area contributed by atoms with E-state index in [1.807, 2.05) is 20.8 Å². The van der Waals surface area contributed by atoms with E-state index in [0.29, 0.717) is 12.8 Å². The zero-order valence-electron chi connectivity index (χ0n) is 8.32. The summed E-state index contributed by atoms with van der Waals surface area (Å²) < 4.78 is 22.0. The van der Waals surface area contributed by atoms with E-state index in [0.717, 1.165) is 6.42 Å². The van der Waals surface area contributed by atoms with Gasteiger partial charge < -0.3 is 9.05 Å². The van der Waals surface area contributed by atoms with Crippen molar-refractivity contribution < 1.29 is 32.2 Å². The van der Waals surface area contributed by atoms with Crippen molar-refractivity contribution in [2.45, 2.75) is 27.2 Å². The van der Waals surface area contributed by atoms with Crippen LogP contribution in [0.25, 0.3) is 0 Å². The van der Waals surface area contributed by atoms with Crippen molar-refractivity contribution in [3.05, 3.63) is 6.61 Å². The van der Waals surface area contributed by atoms with Crippen molar-refractivity contribution in [3.8, 4) is 0 Å². The Balaban J connectivity index is 0.00000144. The molecule has 0 aromatic rings. The summed E-state index contributed by atoms with van der Waals surface area (Å²) in [4.78, 5) is 0. The molecule has 5 heteroatoms. The third-order valence-electron chi connectivity index (χ3n) is 1.43. The van der Waals surface area contributed by atoms with Crippen LogP contribution in [0.15, 0.2) is 0 Å². The Bertz CT molecular complexity index is 190. The first-order chi connectivity index (χ1) is 5.41. The SMILES string of the molecule is CC(C)(C)CP1(=O)O[CH-]CCO1.[V]. The van der Waals surface area contributed by atoms with Crippen molar-refractivity contribution in [1.82, 2.24) is 0 Å². The molecule has 1 unspecified atom stereocenters. The maximum absolute atomic E-state index is 11.8. The second-order valence-electron chi connectivity index (χ2n) is 4.22. The van der Waals surface area contributed by atoms with Crippen LogP contribution in [0.2, 0.25) is 0 Å². The smallest absolute Gasteiger partial charge is 0.301 e. The Morgan fingerprint density at radius 3 is 2.46 bits per heavy atom. The molecule has 77 valence electrons. The van der Waals surface area contributed by atoms with Crippen molar-refractivity contribution >= 4 is 7.60 Å². The van der Waals surface area contributed by atoms with E-state index in [1.165, 1.54) is 0 Å². The molecule has 1 heterocycles. The minimum atomic E-state index is -2.79. The second kappa shape index (κ2) is 5.00. The molecule has 0 N–H and O–H groups in total. The van der Waals surface area contributed by atoms with Crippen molar-refractivity contribution in [2.24, 2.45) is 5.41 Å². The van der Waals surface area contributed by atoms with E-state index in [4.69, 9.17) is 9.05 Å². The van der Waals surface area contributed by atoms with Crippen LogP contribution in [0.4, 0.5) is 0 Å². The summed E-state index contributed by atoms with van der Waals surface area (Å²) >= 11 is 0. The molecule has 1 aliphatic heterocycles. The Morgan fingerprint density at radius 2 is 2.08 bits per heavy atom. The third kappa shape index (κ3) is 5.24. The molecule has 0 bridgehead atoms. The van der Waals surface area contributed by atoms with Gasteiger partial charge in [0.15, 0.2) is 0 Å². The molecule has 0 aromatic heterocycles. The van der Waals surface area contributed by atoms with Crippen LogP contribution in [0.1, 0.15) is 27.2 Å². The van der Waals surface area contributed by atoms with Crippen molar-refractivity contribution in [2.75, 3.05) is 12.8 Å². The number of rotatable bonds is 1. The molecule has 1 fully saturated rings. The van der Waals surface area contributed by atoms with E-state index in [2.05, 4.69) is 0 Å². The second-order valence-corrected chi connectivity index (χ2v) is 6.23. The number of hydrogen-bond acceptors (Lipinski definition) is 3. The zero-order valence-corrected chi connectivity index (χ0v) is 10.6. The van der Waals surface area contributed by atoms with Gasteiger partial charge in [-0.05, 0) is 5.41 Å². The van der Waals surface area contributed by atoms with Crippen LogP contribution >= 0.6 is 7.60 Å². The molecule has 13 heavy (non-hydrogen) atoms. The first-order valence-corrected chi connectivity index (χ1v) is 5.88. The van der Waals surface area contributed by atoms with Gasteiger partial charge in [-0.15, -0.1) is 6.42 Å². The molecule has 0 aliphatic carbocycles. The van der Waals surface area contributed by atoms with Gasteiger partial charge in [0.05, 0.1) is 6.16 Å². The normalized spacial score (nSPS) is 29.5. The molecule has 0 spiro atoms. The van der Waals surface area contributed by atoms with Gasteiger partial charge in [-0.25, -0.2) is 0 Å². The summed E-state index contributed by atoms with van der Waals surface area (Å²) in [5.41, 5.74) is -0.0132. The average Bonchev–Trinajstić information content (AvgIpc) is 1.83. The van der Waals surface area contributed by atoms with Gasteiger partial charge in [-0.3, -0.25) is 4.57 Å². The fourth-order valence-corrected chi connectivity index (χ4v) is 3.21. The van der Waals surface area contributed by atoms with Gasteiger partial charge in [-0.2, -0.15) is 6.61 Å². The van der Waals surface area contributed by atoms with Crippen molar-refractivity contribution in [3.63, 3.8) is 0 Å². The summed E-state index contributed by atoms with van der Waals surface area (Å²) in [5, 5.41) is 0. The van der Waals surface area contributed by atoms with Gasteiger partial charge in [-0.1, -0.05) is 20.8 Å². The van der Waals surface area contributed by atoms with Crippen LogP contribution < -0.4 is 0 Å². The predicted molar refractivity (Wildman–Crippen MR) is 47.9 cm³/mol. The predicted octanol–water partition coefficient (Wildman–Crippen LogP) is 2.82. The van der Waals surface area contributed by atoms with Crippen molar-refractivity contribution in [1.29, 1.82) is 0 Å². The monoisotopic (exact) mass is 242 g/mol. The summed E-state index contributed by atoms with van der Waals surface area (Å²) in [6.45, 7) is 8.18. The first-order valence-electron chi connectivity index (χ1n) is 4.15. The molecule has 1 saturated heterocycles. The maximum Gasteiger partial charge on any atom is 0.301 e. The molecule has 0 amide bonds. The van der Waals surface area contributed by atoms with Gasteiger partial charge in [0.25, 0.3) is 0 Å². The molecule has 0 saturated carbocycles. The Hall–Kier alpha value is 0.734. The standard InChI is InChI=1S/C8H16O3P.V/c1-8(2,3)7-12(9)10-5-4-6-11-12;/h5H,4,6-7H2,1-3H3;/q-1;. The largest absolute Gasteiger partial charge is 0.486 e. The maximum atomic E-state index is 11.8. The Kier molecular flexibility index (Phi) is 5.28. The molecular weight excluding hydrogens is 226 g/mol. The van der Waals surface area contributed by atoms with Crippen LogP contribution in [0.5, 0.6) is 0 Å². The zero-order chi connectivity index (χ0) is 9.24. The fraction of sp³-hybridized carbons (Fsp3) is 0.875. The minimum Gasteiger partial charge on any atom is -0.486 e. The average molecular weight is 242 g/mol. The fourth-order valence-electron chi connectivity index (χ4n) is 1.10. The van der Waals surface area contributed by atoms with E-state index >= 15 is 0 Å². The Labute approximate surface area is 92.0 Å². The van der Waals surface area contributed by atoms with Crippen LogP contribution in [-0.2, 0) is 32.2 Å². The number of hydrogen-bond donors (Lipinski definition) is 0. The van der Waals surface area contributed by atoms with Crippen LogP contribution in [-0.4, -0.2) is 12.8 Å². The molecule has 0 aromatic carbocycles. The van der Waals surface area contributed by atoms with Gasteiger partial charge in [0, 0.05) is 25.2 Å². The first kappa shape index (κ1) is 13.7. The van der Waals surface area contributed by atoms with E-state index in [9.17, 15) is 4.57 Å². The molecular formula is C8H16O3PV-. The minimum absolute atomic E-state index is 0. The summed E-state index contributed by atoms with van der Waals surface area (Å²) in [6.07, 6.45) is 1.21. The van der Waals surface area contributed by atoms with Crippen LogP contribution in [0.3, 0.4) is 0 Å². The molecule has 3 nitrogen and oxygen atoms in total. The van der Waals surface area contributed by atoms with E-state index < -0.39 is 7.60 Å². The van der Waals surface area contributed by atoms with Gasteiger partial charge in [0.2, 0.25) is 0 Å². The molecule has 1 radical (unpaired) electrons. The Morgan fingerprint density at radius 1 is 1.46 bits per heavy atom. The van der Waals surface area contributed by atoms with E-state index in [1.54, 1.807) is 6.61 Å². The summed E-state index contributed by atoms with van der Waals surface area (Å²) in [5.74, 6) is 0. The molecule has 1 aliphatic rings. The summed E-state index contributed by atoms with van der Waals surface area (Å²) in [7, 11) is -2.79. The van der Waals surface area contributed by atoms with Gasteiger partial charge >= 0.3 is 7.60 Å². The summed E-state index contributed by atoms with van der Waals surface area (Å²) in [6, 6.07) is 0.